The highest BCUT2D eigenvalue weighted by Gasteiger charge is 2.30. The number of hydrogen-bond donors (Lipinski definition) is 1. The number of rotatable bonds is 9. The fourth-order valence-corrected chi connectivity index (χ4v) is 4.50. The van der Waals surface area contributed by atoms with Gasteiger partial charge in [-0.25, -0.2) is 4.79 Å². The van der Waals surface area contributed by atoms with Crippen LogP contribution in [0.25, 0.3) is 0 Å². The molecule has 32 heavy (non-hydrogen) atoms. The molecule has 1 N–H and O–H groups in total. The number of carbonyl (C=O) groups is 1. The Morgan fingerprint density at radius 2 is 1.56 bits per heavy atom. The molecule has 0 aromatic heterocycles. The number of benzene rings is 2. The molecule has 0 aliphatic carbocycles. The van der Waals surface area contributed by atoms with E-state index in [2.05, 4.69) is 52.5 Å². The van der Waals surface area contributed by atoms with E-state index in [1.54, 1.807) is 25.6 Å². The number of carboxylic acids is 1. The van der Waals surface area contributed by atoms with Crippen LogP contribution in [-0.2, 0) is 17.8 Å². The second-order valence-electron chi connectivity index (χ2n) is 9.19. The molecule has 1 aliphatic heterocycles. The fourth-order valence-electron chi connectivity index (χ4n) is 4.09. The minimum atomic E-state index is -1.24. The molecule has 0 atom stereocenters. The standard InChI is InChI=1S/C26H36N2O3S/c1-19-16-22(17-20(2)24(19)31-26(3,4)25(29)30)10-11-27-12-14-28(15-13-27)18-21-6-8-23(32-5)9-7-21/h6-9,16-17H,10-15,18H2,1-5H3,(H,29,30). The molecule has 0 saturated carbocycles. The van der Waals surface area contributed by atoms with E-state index in [9.17, 15) is 9.90 Å². The Morgan fingerprint density at radius 1 is 1.00 bits per heavy atom. The predicted octanol–water partition coefficient (Wildman–Crippen LogP) is 4.63. The van der Waals surface area contributed by atoms with Gasteiger partial charge in [-0.05, 0) is 74.8 Å². The summed E-state index contributed by atoms with van der Waals surface area (Å²) in [4.78, 5) is 17.8. The number of carboxylic acid groups (broad SMARTS) is 1. The van der Waals surface area contributed by atoms with Crippen LogP contribution in [0.15, 0.2) is 41.3 Å². The Morgan fingerprint density at radius 3 is 2.09 bits per heavy atom. The van der Waals surface area contributed by atoms with Crippen molar-refractivity contribution in [2.75, 3.05) is 39.0 Å². The molecule has 5 nitrogen and oxygen atoms in total. The number of aliphatic carboxylic acids is 1. The van der Waals surface area contributed by atoms with Crippen LogP contribution >= 0.6 is 11.8 Å². The van der Waals surface area contributed by atoms with Crippen LogP contribution in [-0.4, -0.2) is 65.5 Å². The maximum atomic E-state index is 11.4. The van der Waals surface area contributed by atoms with E-state index in [0.717, 1.165) is 56.8 Å². The van der Waals surface area contributed by atoms with Gasteiger partial charge in [-0.2, -0.15) is 0 Å². The number of nitrogens with zero attached hydrogens (tertiary/aromatic N) is 2. The lowest BCUT2D eigenvalue weighted by Gasteiger charge is -2.34. The highest BCUT2D eigenvalue weighted by molar-refractivity contribution is 7.98. The second-order valence-corrected chi connectivity index (χ2v) is 10.1. The number of aryl methyl sites for hydroxylation is 2. The van der Waals surface area contributed by atoms with Crippen molar-refractivity contribution in [3.05, 3.63) is 58.7 Å². The predicted molar refractivity (Wildman–Crippen MR) is 132 cm³/mol. The molecule has 174 valence electrons. The molecule has 0 radical (unpaired) electrons. The number of ether oxygens (including phenoxy) is 1. The molecule has 1 heterocycles. The molecule has 0 spiro atoms. The van der Waals surface area contributed by atoms with Crippen molar-refractivity contribution < 1.29 is 14.6 Å². The van der Waals surface area contributed by atoms with E-state index in [4.69, 9.17) is 4.74 Å². The first-order valence-corrected chi connectivity index (χ1v) is 12.5. The number of hydrogen-bond acceptors (Lipinski definition) is 5. The van der Waals surface area contributed by atoms with Gasteiger partial charge in [0.05, 0.1) is 0 Å². The smallest absolute Gasteiger partial charge is 0.347 e. The summed E-state index contributed by atoms with van der Waals surface area (Å²) in [5.41, 5.74) is 3.40. The van der Waals surface area contributed by atoms with Gasteiger partial charge in [0.2, 0.25) is 0 Å². The molecule has 2 aromatic rings. The Balaban J connectivity index is 1.49. The lowest BCUT2D eigenvalue weighted by atomic mass is 10.0. The average molecular weight is 457 g/mol. The Kier molecular flexibility index (Phi) is 8.26. The normalized spacial score (nSPS) is 15.7. The summed E-state index contributed by atoms with van der Waals surface area (Å²) in [6.07, 6.45) is 3.10. The number of piperazine rings is 1. The largest absolute Gasteiger partial charge is 0.478 e. The van der Waals surface area contributed by atoms with Crippen molar-refractivity contribution in [3.8, 4) is 5.75 Å². The fraction of sp³-hybridized carbons (Fsp3) is 0.500. The second kappa shape index (κ2) is 10.7. The van der Waals surface area contributed by atoms with Crippen molar-refractivity contribution >= 4 is 17.7 Å². The molecule has 1 fully saturated rings. The zero-order chi connectivity index (χ0) is 23.3. The molecule has 2 aromatic carbocycles. The summed E-state index contributed by atoms with van der Waals surface area (Å²) in [5.74, 6) is -0.281. The highest BCUT2D eigenvalue weighted by atomic mass is 32.2. The van der Waals surface area contributed by atoms with Crippen molar-refractivity contribution in [1.82, 2.24) is 9.80 Å². The molecule has 3 rings (SSSR count). The van der Waals surface area contributed by atoms with Crippen molar-refractivity contribution in [2.24, 2.45) is 0 Å². The van der Waals surface area contributed by atoms with Gasteiger partial charge in [0.15, 0.2) is 5.60 Å². The van der Waals surface area contributed by atoms with Crippen molar-refractivity contribution in [3.63, 3.8) is 0 Å². The lowest BCUT2D eigenvalue weighted by molar-refractivity contribution is -0.152. The third-order valence-corrected chi connectivity index (χ3v) is 6.88. The summed E-state index contributed by atoms with van der Waals surface area (Å²) < 4.78 is 5.83. The SMILES string of the molecule is CSc1ccc(CN2CCN(CCc3cc(C)c(OC(C)(C)C(=O)O)c(C)c3)CC2)cc1. The minimum Gasteiger partial charge on any atom is -0.478 e. The first-order valence-electron chi connectivity index (χ1n) is 11.3. The van der Waals surface area contributed by atoms with Gasteiger partial charge in [-0.1, -0.05) is 24.3 Å². The van der Waals surface area contributed by atoms with Gasteiger partial charge in [0, 0.05) is 44.2 Å². The quantitative estimate of drug-likeness (QED) is 0.556. The highest BCUT2D eigenvalue weighted by Crippen LogP contribution is 2.29. The van der Waals surface area contributed by atoms with E-state index >= 15 is 0 Å². The van der Waals surface area contributed by atoms with E-state index in [1.807, 2.05) is 13.8 Å². The first-order chi connectivity index (χ1) is 15.2. The van der Waals surface area contributed by atoms with Crippen LogP contribution in [0.5, 0.6) is 5.75 Å². The molecule has 0 bridgehead atoms. The lowest BCUT2D eigenvalue weighted by Crippen LogP contribution is -2.46. The van der Waals surface area contributed by atoms with Crippen molar-refractivity contribution in [2.45, 2.75) is 51.2 Å². The summed E-state index contributed by atoms with van der Waals surface area (Å²) in [5, 5.41) is 9.36. The Labute approximate surface area is 196 Å². The molecular formula is C26H36N2O3S. The van der Waals surface area contributed by atoms with E-state index in [0.29, 0.717) is 5.75 Å². The zero-order valence-corrected chi connectivity index (χ0v) is 20.8. The molecule has 0 amide bonds. The van der Waals surface area contributed by atoms with E-state index in [1.165, 1.54) is 16.0 Å². The van der Waals surface area contributed by atoms with Gasteiger partial charge in [0.25, 0.3) is 0 Å². The number of thioether (sulfide) groups is 1. The monoisotopic (exact) mass is 456 g/mol. The summed E-state index contributed by atoms with van der Waals surface area (Å²) >= 11 is 1.78. The van der Waals surface area contributed by atoms with Gasteiger partial charge in [0.1, 0.15) is 5.75 Å². The van der Waals surface area contributed by atoms with E-state index < -0.39 is 11.6 Å². The van der Waals surface area contributed by atoms with Crippen LogP contribution < -0.4 is 4.74 Å². The van der Waals surface area contributed by atoms with E-state index in [-0.39, 0.29) is 0 Å². The van der Waals surface area contributed by atoms with Gasteiger partial charge in [-0.15, -0.1) is 11.8 Å². The third-order valence-electron chi connectivity index (χ3n) is 6.14. The molecular weight excluding hydrogens is 420 g/mol. The van der Waals surface area contributed by atoms with Gasteiger partial charge >= 0.3 is 5.97 Å². The third kappa shape index (κ3) is 6.50. The molecule has 1 aliphatic rings. The molecule has 6 heteroatoms. The maximum Gasteiger partial charge on any atom is 0.347 e. The van der Waals surface area contributed by atoms with Crippen LogP contribution in [0.1, 0.15) is 36.1 Å². The molecule has 0 unspecified atom stereocenters. The summed E-state index contributed by atoms with van der Waals surface area (Å²) in [7, 11) is 0. The Bertz CT molecular complexity index is 896. The van der Waals surface area contributed by atoms with Gasteiger partial charge in [-0.3, -0.25) is 4.90 Å². The minimum absolute atomic E-state index is 0.681. The van der Waals surface area contributed by atoms with Crippen molar-refractivity contribution in [1.29, 1.82) is 0 Å². The molecule has 1 saturated heterocycles. The maximum absolute atomic E-state index is 11.4. The topological polar surface area (TPSA) is 53.0 Å². The van der Waals surface area contributed by atoms with Crippen LogP contribution in [0.3, 0.4) is 0 Å². The van der Waals surface area contributed by atoms with Gasteiger partial charge < -0.3 is 14.7 Å². The average Bonchev–Trinajstić information content (AvgIpc) is 2.76. The summed E-state index contributed by atoms with van der Waals surface area (Å²) in [6.45, 7) is 13.6. The zero-order valence-electron chi connectivity index (χ0n) is 20.0. The Hall–Kier alpha value is -2.02. The first kappa shape index (κ1) is 24.6. The van der Waals surface area contributed by atoms with Crippen LogP contribution in [0.2, 0.25) is 0 Å². The summed E-state index contributed by atoms with van der Waals surface area (Å²) in [6, 6.07) is 13.2. The van der Waals surface area contributed by atoms with Crippen LogP contribution in [0, 0.1) is 13.8 Å². The van der Waals surface area contributed by atoms with Crippen LogP contribution in [0.4, 0.5) is 0 Å².